The number of fused-ring (bicyclic) bond motifs is 2. The van der Waals surface area contributed by atoms with E-state index in [1.807, 2.05) is 6.20 Å². The maximum Gasteiger partial charge on any atom is 0.0899 e. The van der Waals surface area contributed by atoms with Crippen molar-refractivity contribution >= 4 is 0 Å². The third kappa shape index (κ3) is 0.705. The fourth-order valence-electron chi connectivity index (χ4n) is 2.61. The van der Waals surface area contributed by atoms with Gasteiger partial charge >= 0.3 is 0 Å². The van der Waals surface area contributed by atoms with Gasteiger partial charge in [0.15, 0.2) is 0 Å². The number of hydrogen-bond donors (Lipinski definition) is 2. The smallest absolute Gasteiger partial charge is 0.0899 e. The molecule has 2 aliphatic heterocycles. The lowest BCUT2D eigenvalue weighted by Gasteiger charge is -2.51. The van der Waals surface area contributed by atoms with Crippen LogP contribution in [0.15, 0.2) is 6.20 Å². The summed E-state index contributed by atoms with van der Waals surface area (Å²) in [6, 6.07) is 0. The highest BCUT2D eigenvalue weighted by Crippen LogP contribution is 2.48. The summed E-state index contributed by atoms with van der Waals surface area (Å²) in [5, 5.41) is 14.2. The highest BCUT2D eigenvalue weighted by atomic mass is 15.3. The molecule has 2 saturated heterocycles. The molecule has 1 aliphatic carbocycles. The van der Waals surface area contributed by atoms with Crippen LogP contribution in [-0.4, -0.2) is 28.5 Å². The molecule has 3 aliphatic rings. The Kier molecular flexibility index (Phi) is 1.14. The first-order chi connectivity index (χ1) is 5.89. The van der Waals surface area contributed by atoms with Crippen LogP contribution in [0.4, 0.5) is 0 Å². The second-order valence-electron chi connectivity index (χ2n) is 4.04. The molecule has 0 atom stereocenters. The van der Waals surface area contributed by atoms with Crippen molar-refractivity contribution in [3.05, 3.63) is 11.9 Å². The minimum absolute atomic E-state index is 0.329. The zero-order valence-electron chi connectivity index (χ0n) is 6.88. The molecular formula is C8H12N4. The fraction of sp³-hybridized carbons (Fsp3) is 0.750. The molecule has 12 heavy (non-hydrogen) atoms. The molecule has 0 radical (unpaired) electrons. The van der Waals surface area contributed by atoms with Gasteiger partial charge in [-0.15, -0.1) is 0 Å². The first-order valence-electron chi connectivity index (χ1n) is 4.46. The molecular weight excluding hydrogens is 152 g/mol. The maximum absolute atomic E-state index is 4.17. The molecule has 1 saturated carbocycles. The molecule has 0 unspecified atom stereocenters. The van der Waals surface area contributed by atoms with Crippen molar-refractivity contribution in [3.8, 4) is 0 Å². The van der Waals surface area contributed by atoms with Crippen LogP contribution in [0.25, 0.3) is 0 Å². The Morgan fingerprint density at radius 1 is 1.50 bits per heavy atom. The molecule has 0 amide bonds. The van der Waals surface area contributed by atoms with Gasteiger partial charge in [0.2, 0.25) is 0 Å². The minimum Gasteiger partial charge on any atom is -0.316 e. The van der Waals surface area contributed by atoms with E-state index in [9.17, 15) is 0 Å². The fourth-order valence-corrected chi connectivity index (χ4v) is 2.61. The summed E-state index contributed by atoms with van der Waals surface area (Å²) in [6.07, 6.45) is 4.46. The van der Waals surface area contributed by atoms with E-state index >= 15 is 0 Å². The van der Waals surface area contributed by atoms with Gasteiger partial charge in [-0.3, -0.25) is 0 Å². The van der Waals surface area contributed by atoms with E-state index < -0.39 is 0 Å². The van der Waals surface area contributed by atoms with Crippen LogP contribution in [0.5, 0.6) is 0 Å². The normalized spacial score (nSPS) is 39.2. The predicted molar refractivity (Wildman–Crippen MR) is 43.7 cm³/mol. The lowest BCUT2D eigenvalue weighted by molar-refractivity contribution is 0.0861. The summed E-state index contributed by atoms with van der Waals surface area (Å²) in [4.78, 5) is 0. The van der Waals surface area contributed by atoms with Crippen LogP contribution in [-0.2, 0) is 5.41 Å². The quantitative estimate of drug-likeness (QED) is 0.617. The Bertz CT molecular complexity index is 268. The zero-order chi connectivity index (χ0) is 8.02. The lowest BCUT2D eigenvalue weighted by atomic mass is 9.58. The minimum atomic E-state index is 0.329. The summed E-state index contributed by atoms with van der Waals surface area (Å²) in [6.45, 7) is 2.27. The second-order valence-corrected chi connectivity index (χ2v) is 4.04. The van der Waals surface area contributed by atoms with Crippen LogP contribution in [0, 0.1) is 5.92 Å². The van der Waals surface area contributed by atoms with Gasteiger partial charge in [-0.2, -0.15) is 15.4 Å². The third-order valence-electron chi connectivity index (χ3n) is 3.21. The van der Waals surface area contributed by atoms with Gasteiger partial charge in [0.25, 0.3) is 0 Å². The van der Waals surface area contributed by atoms with Crippen molar-refractivity contribution in [1.82, 2.24) is 20.7 Å². The van der Waals surface area contributed by atoms with Crippen molar-refractivity contribution in [2.45, 2.75) is 18.3 Å². The van der Waals surface area contributed by atoms with Gasteiger partial charge in [-0.1, -0.05) is 0 Å². The van der Waals surface area contributed by atoms with Crippen LogP contribution < -0.4 is 5.32 Å². The van der Waals surface area contributed by atoms with Crippen molar-refractivity contribution in [1.29, 1.82) is 0 Å². The van der Waals surface area contributed by atoms with E-state index in [-0.39, 0.29) is 0 Å². The molecule has 2 N–H and O–H groups in total. The molecule has 4 rings (SSSR count). The highest BCUT2D eigenvalue weighted by Gasteiger charge is 2.49. The van der Waals surface area contributed by atoms with Gasteiger partial charge in [-0.25, -0.2) is 0 Å². The molecule has 3 heterocycles. The van der Waals surface area contributed by atoms with Crippen LogP contribution in [0.3, 0.4) is 0 Å². The number of H-pyrrole nitrogens is 1. The number of hydrogen-bond acceptors (Lipinski definition) is 3. The summed E-state index contributed by atoms with van der Waals surface area (Å²) in [5.41, 5.74) is 1.47. The largest absolute Gasteiger partial charge is 0.316 e. The monoisotopic (exact) mass is 164 g/mol. The molecule has 2 bridgehead atoms. The van der Waals surface area contributed by atoms with E-state index in [1.54, 1.807) is 0 Å². The van der Waals surface area contributed by atoms with Crippen molar-refractivity contribution in [3.63, 3.8) is 0 Å². The second kappa shape index (κ2) is 2.07. The first kappa shape index (κ1) is 6.60. The van der Waals surface area contributed by atoms with Crippen molar-refractivity contribution in [2.24, 2.45) is 5.92 Å². The Morgan fingerprint density at radius 2 is 2.42 bits per heavy atom. The number of aromatic nitrogens is 3. The number of nitrogens with zero attached hydrogens (tertiary/aromatic N) is 2. The van der Waals surface area contributed by atoms with Gasteiger partial charge in [0.1, 0.15) is 0 Å². The molecule has 64 valence electrons. The molecule has 0 aromatic carbocycles. The van der Waals surface area contributed by atoms with E-state index in [0.717, 1.165) is 18.2 Å². The van der Waals surface area contributed by atoms with Crippen molar-refractivity contribution < 1.29 is 0 Å². The molecule has 0 spiro atoms. The summed E-state index contributed by atoms with van der Waals surface area (Å²) < 4.78 is 0. The maximum atomic E-state index is 4.17. The van der Waals surface area contributed by atoms with Crippen LogP contribution in [0.1, 0.15) is 18.5 Å². The van der Waals surface area contributed by atoms with Gasteiger partial charge < -0.3 is 5.32 Å². The van der Waals surface area contributed by atoms with E-state index in [4.69, 9.17) is 0 Å². The number of nitrogens with one attached hydrogen (secondary N) is 2. The average Bonchev–Trinajstić information content (AvgIpc) is 2.55. The molecule has 4 nitrogen and oxygen atoms in total. The van der Waals surface area contributed by atoms with Gasteiger partial charge in [-0.05, 0) is 25.3 Å². The lowest BCUT2D eigenvalue weighted by Crippen LogP contribution is -2.57. The SMILES string of the molecule is c1n[nH]nc1C12CNCC(C1)C2. The van der Waals surface area contributed by atoms with Gasteiger partial charge in [0, 0.05) is 12.0 Å². The number of piperidine rings is 2. The Balaban J connectivity index is 1.93. The number of rotatable bonds is 1. The number of aromatic amines is 1. The molecule has 1 aromatic heterocycles. The third-order valence-corrected chi connectivity index (χ3v) is 3.21. The van der Waals surface area contributed by atoms with Gasteiger partial charge in [0.05, 0.1) is 11.9 Å². The van der Waals surface area contributed by atoms with Crippen LogP contribution >= 0.6 is 0 Å². The Morgan fingerprint density at radius 3 is 3.00 bits per heavy atom. The van der Waals surface area contributed by atoms with E-state index in [2.05, 4.69) is 20.7 Å². The highest BCUT2D eigenvalue weighted by molar-refractivity contribution is 5.21. The predicted octanol–water partition coefficient (Wildman–Crippen LogP) is 0.0557. The Hall–Kier alpha value is -0.900. The van der Waals surface area contributed by atoms with E-state index in [0.29, 0.717) is 5.41 Å². The summed E-state index contributed by atoms with van der Waals surface area (Å²) >= 11 is 0. The van der Waals surface area contributed by atoms with E-state index in [1.165, 1.54) is 19.4 Å². The molecule has 1 aromatic rings. The summed E-state index contributed by atoms with van der Waals surface area (Å²) in [7, 11) is 0. The zero-order valence-corrected chi connectivity index (χ0v) is 6.88. The molecule has 3 fully saturated rings. The average molecular weight is 164 g/mol. The summed E-state index contributed by atoms with van der Waals surface area (Å²) in [5.74, 6) is 0.885. The first-order valence-corrected chi connectivity index (χ1v) is 4.46. The standard InChI is InChI=1S/C8H12N4/c1-6-2-8(1,5-9-3-6)7-4-10-12-11-7/h4,6,9H,1-3,5H2,(H,10,11,12). The van der Waals surface area contributed by atoms with Crippen LogP contribution in [0.2, 0.25) is 0 Å². The topological polar surface area (TPSA) is 53.6 Å². The molecule has 4 heteroatoms. The van der Waals surface area contributed by atoms with Crippen molar-refractivity contribution in [2.75, 3.05) is 13.1 Å². The Labute approximate surface area is 70.7 Å².